The molecule has 9 nitrogen and oxygen atoms in total. The number of ketones is 1. The van der Waals surface area contributed by atoms with Crippen molar-refractivity contribution in [2.24, 2.45) is 5.92 Å². The molecule has 35 heavy (non-hydrogen) atoms. The monoisotopic (exact) mass is 491 g/mol. The van der Waals surface area contributed by atoms with Gasteiger partial charge in [-0.05, 0) is 43.5 Å². The van der Waals surface area contributed by atoms with Gasteiger partial charge in [-0.1, -0.05) is 41.7 Å². The number of carbonyl (C=O) groups excluding carboxylic acids is 3. The van der Waals surface area contributed by atoms with Gasteiger partial charge < -0.3 is 15.0 Å². The highest BCUT2D eigenvalue weighted by Gasteiger charge is 2.30. The van der Waals surface area contributed by atoms with E-state index in [0.29, 0.717) is 54.5 Å². The molecule has 1 fully saturated rings. The first-order valence-electron chi connectivity index (χ1n) is 11.5. The summed E-state index contributed by atoms with van der Waals surface area (Å²) in [4.78, 5) is 39.4. The highest BCUT2D eigenvalue weighted by molar-refractivity contribution is 7.15. The van der Waals surface area contributed by atoms with E-state index in [0.717, 1.165) is 10.6 Å². The number of amides is 3. The first-order valence-corrected chi connectivity index (χ1v) is 12.4. The predicted molar refractivity (Wildman–Crippen MR) is 132 cm³/mol. The van der Waals surface area contributed by atoms with Gasteiger partial charge in [0.25, 0.3) is 5.91 Å². The van der Waals surface area contributed by atoms with Crippen LogP contribution in [-0.2, 0) is 11.2 Å². The lowest BCUT2D eigenvalue weighted by atomic mass is 9.88. The summed E-state index contributed by atoms with van der Waals surface area (Å²) in [6.07, 6.45) is 1.24. The molecule has 0 spiro atoms. The topological polar surface area (TPSA) is 114 Å². The van der Waals surface area contributed by atoms with Gasteiger partial charge >= 0.3 is 6.03 Å². The van der Waals surface area contributed by atoms with E-state index >= 15 is 0 Å². The van der Waals surface area contributed by atoms with Crippen molar-refractivity contribution in [2.45, 2.75) is 32.3 Å². The highest BCUT2D eigenvalue weighted by Crippen LogP contribution is 2.32. The summed E-state index contributed by atoms with van der Waals surface area (Å²) < 4.78 is 5.56. The number of nitrogens with one attached hydrogen (secondary N) is 2. The van der Waals surface area contributed by atoms with E-state index in [-0.39, 0.29) is 23.6 Å². The van der Waals surface area contributed by atoms with Gasteiger partial charge in [0.05, 0.1) is 5.69 Å². The maximum absolute atomic E-state index is 13.1. The molecular weight excluding hydrogens is 466 g/mol. The molecule has 2 aliphatic heterocycles. The zero-order chi connectivity index (χ0) is 24.4. The lowest BCUT2D eigenvalue weighted by Gasteiger charge is -2.31. The number of likely N-dealkylation sites (tertiary alicyclic amines) is 1. The van der Waals surface area contributed by atoms with Crippen molar-refractivity contribution < 1.29 is 19.1 Å². The number of urea groups is 1. The molecule has 1 aromatic heterocycles. The van der Waals surface area contributed by atoms with Crippen LogP contribution in [0, 0.1) is 5.92 Å². The summed E-state index contributed by atoms with van der Waals surface area (Å²) in [5.74, 6) is 0.151. The summed E-state index contributed by atoms with van der Waals surface area (Å²) >= 11 is 1.36. The molecule has 1 saturated heterocycles. The Bertz CT molecular complexity index is 1250. The van der Waals surface area contributed by atoms with Crippen LogP contribution in [0.1, 0.15) is 40.7 Å². The first kappa shape index (κ1) is 23.0. The number of aromatic nitrogens is 2. The molecule has 10 heteroatoms. The Labute approximate surface area is 206 Å². The standard InChI is InChI=1S/C25H25N5O4S/c1-15-23(32)26-19-14-18(7-8-20(19)34-15)22(31)17-9-11-30(12-10-17)25(33)27-24-29-28-21(35-24)13-16-5-3-2-4-6-16/h2-8,14-15,17H,9-13H2,1H3,(H,26,32)(H,27,29,33). The molecule has 1 atom stereocenters. The van der Waals surface area contributed by atoms with Gasteiger partial charge in [0.1, 0.15) is 10.8 Å². The Morgan fingerprint density at radius 3 is 2.69 bits per heavy atom. The second-order valence-electron chi connectivity index (χ2n) is 8.68. The minimum atomic E-state index is -0.560. The van der Waals surface area contributed by atoms with Crippen molar-refractivity contribution in [2.75, 3.05) is 23.7 Å². The number of rotatable bonds is 5. The summed E-state index contributed by atoms with van der Waals surface area (Å²) in [6, 6.07) is 14.9. The summed E-state index contributed by atoms with van der Waals surface area (Å²) in [5, 5.41) is 15.2. The number of hydrogen-bond donors (Lipinski definition) is 2. The Morgan fingerprint density at radius 2 is 1.91 bits per heavy atom. The lowest BCUT2D eigenvalue weighted by Crippen LogP contribution is -2.42. The number of hydrogen-bond acceptors (Lipinski definition) is 7. The molecule has 0 saturated carbocycles. The Morgan fingerprint density at radius 1 is 1.14 bits per heavy atom. The number of carbonyl (C=O) groups is 3. The van der Waals surface area contributed by atoms with Crippen molar-refractivity contribution in [3.63, 3.8) is 0 Å². The SMILES string of the molecule is CC1Oc2ccc(C(=O)C3CCN(C(=O)Nc4nnc(Cc5ccccc5)s4)CC3)cc2NC1=O. The van der Waals surface area contributed by atoms with E-state index in [4.69, 9.17) is 4.74 Å². The van der Waals surface area contributed by atoms with E-state index in [9.17, 15) is 14.4 Å². The second-order valence-corrected chi connectivity index (χ2v) is 9.74. The smallest absolute Gasteiger partial charge is 0.323 e. The second kappa shape index (κ2) is 9.83. The molecular formula is C25H25N5O4S. The Kier molecular flexibility index (Phi) is 6.45. The van der Waals surface area contributed by atoms with Gasteiger partial charge in [0.15, 0.2) is 11.9 Å². The fourth-order valence-corrected chi connectivity index (χ4v) is 5.02. The van der Waals surface area contributed by atoms with Crippen LogP contribution in [0.4, 0.5) is 15.6 Å². The van der Waals surface area contributed by atoms with Crippen molar-refractivity contribution >= 4 is 39.9 Å². The maximum Gasteiger partial charge on any atom is 0.323 e. The largest absolute Gasteiger partial charge is 0.479 e. The molecule has 0 aliphatic carbocycles. The van der Waals surface area contributed by atoms with Crippen molar-refractivity contribution in [1.29, 1.82) is 0 Å². The molecule has 5 rings (SSSR count). The number of benzene rings is 2. The minimum absolute atomic E-state index is 0.00964. The molecule has 0 bridgehead atoms. The first-order chi connectivity index (χ1) is 17.0. The van der Waals surface area contributed by atoms with E-state index in [1.165, 1.54) is 11.3 Å². The van der Waals surface area contributed by atoms with Gasteiger partial charge in [-0.25, -0.2) is 4.79 Å². The van der Waals surface area contributed by atoms with Crippen LogP contribution in [0.2, 0.25) is 0 Å². The third kappa shape index (κ3) is 5.17. The summed E-state index contributed by atoms with van der Waals surface area (Å²) in [5.41, 5.74) is 2.18. The molecule has 3 aromatic rings. The third-order valence-electron chi connectivity index (χ3n) is 6.23. The van der Waals surface area contributed by atoms with Crippen LogP contribution in [0.25, 0.3) is 0 Å². The summed E-state index contributed by atoms with van der Waals surface area (Å²) in [6.45, 7) is 2.62. The predicted octanol–water partition coefficient (Wildman–Crippen LogP) is 3.98. The molecule has 3 heterocycles. The molecule has 2 N–H and O–H groups in total. The van der Waals surface area contributed by atoms with Crippen LogP contribution in [0.3, 0.4) is 0 Å². The number of fused-ring (bicyclic) bond motifs is 1. The van der Waals surface area contributed by atoms with Crippen molar-refractivity contribution in [3.05, 3.63) is 64.7 Å². The zero-order valence-electron chi connectivity index (χ0n) is 19.2. The fraction of sp³-hybridized carbons (Fsp3) is 0.320. The number of ether oxygens (including phenoxy) is 1. The molecule has 2 aliphatic rings. The number of Topliss-reactive ketones (excluding diaryl/α,β-unsaturated/α-hetero) is 1. The van der Waals surface area contributed by atoms with Crippen LogP contribution in [0.5, 0.6) is 5.75 Å². The van der Waals surface area contributed by atoms with Gasteiger partial charge in [-0.2, -0.15) is 0 Å². The van der Waals surface area contributed by atoms with Crippen molar-refractivity contribution in [1.82, 2.24) is 15.1 Å². The van der Waals surface area contributed by atoms with Gasteiger partial charge in [0, 0.05) is 31.0 Å². The average molecular weight is 492 g/mol. The van der Waals surface area contributed by atoms with E-state index in [1.807, 2.05) is 30.3 Å². The van der Waals surface area contributed by atoms with Crippen LogP contribution < -0.4 is 15.4 Å². The van der Waals surface area contributed by atoms with Gasteiger partial charge in [-0.15, -0.1) is 10.2 Å². The Balaban J connectivity index is 1.14. The van der Waals surface area contributed by atoms with Crippen LogP contribution >= 0.6 is 11.3 Å². The quantitative estimate of drug-likeness (QED) is 0.522. The molecule has 180 valence electrons. The normalized spacial score (nSPS) is 17.8. The molecule has 2 aromatic carbocycles. The zero-order valence-corrected chi connectivity index (χ0v) is 20.0. The minimum Gasteiger partial charge on any atom is -0.479 e. The van der Waals surface area contributed by atoms with Gasteiger partial charge in [0.2, 0.25) is 5.13 Å². The fourth-order valence-electron chi connectivity index (χ4n) is 4.26. The maximum atomic E-state index is 13.1. The van der Waals surface area contributed by atoms with Crippen LogP contribution in [-0.4, -0.2) is 52.0 Å². The molecule has 1 unspecified atom stereocenters. The van der Waals surface area contributed by atoms with Gasteiger partial charge in [-0.3, -0.25) is 14.9 Å². The Hall–Kier alpha value is -3.79. The average Bonchev–Trinajstić information content (AvgIpc) is 3.31. The third-order valence-corrected chi connectivity index (χ3v) is 7.07. The molecule has 3 amide bonds. The number of piperidine rings is 1. The van der Waals surface area contributed by atoms with E-state index in [1.54, 1.807) is 30.0 Å². The summed E-state index contributed by atoms with van der Waals surface area (Å²) in [7, 11) is 0. The van der Waals surface area contributed by atoms with Crippen molar-refractivity contribution in [3.8, 4) is 5.75 Å². The van der Waals surface area contributed by atoms with E-state index in [2.05, 4.69) is 20.8 Å². The number of nitrogens with zero attached hydrogens (tertiary/aromatic N) is 3. The number of anilines is 2. The lowest BCUT2D eigenvalue weighted by molar-refractivity contribution is -0.122. The molecule has 0 radical (unpaired) electrons. The van der Waals surface area contributed by atoms with Crippen LogP contribution in [0.15, 0.2) is 48.5 Å². The highest BCUT2D eigenvalue weighted by atomic mass is 32.1. The van der Waals surface area contributed by atoms with E-state index < -0.39 is 6.10 Å².